The lowest BCUT2D eigenvalue weighted by molar-refractivity contribution is 0.550. The van der Waals surface area contributed by atoms with Crippen molar-refractivity contribution in [1.29, 1.82) is 0 Å². The lowest BCUT2D eigenvalue weighted by atomic mass is 10.1. The first-order chi connectivity index (χ1) is 10.1. The minimum Gasteiger partial charge on any atom is -0.369 e. The number of nitrogens with zero attached hydrogens (tertiary/aromatic N) is 1. The van der Waals surface area contributed by atoms with Crippen LogP contribution in [0.15, 0.2) is 18.2 Å². The van der Waals surface area contributed by atoms with Gasteiger partial charge in [-0.15, -0.1) is 0 Å². The molecule has 1 N–H and O–H groups in total. The van der Waals surface area contributed by atoms with E-state index in [9.17, 15) is 0 Å². The number of hydrogen-bond acceptors (Lipinski definition) is 2. The summed E-state index contributed by atoms with van der Waals surface area (Å²) >= 11 is 6.26. The van der Waals surface area contributed by atoms with E-state index in [-0.39, 0.29) is 0 Å². The summed E-state index contributed by atoms with van der Waals surface area (Å²) in [4.78, 5) is 2.56. The van der Waals surface area contributed by atoms with Gasteiger partial charge in [0.2, 0.25) is 0 Å². The molecule has 0 bridgehead atoms. The van der Waals surface area contributed by atoms with Gasteiger partial charge in [0.05, 0.1) is 0 Å². The monoisotopic (exact) mass is 308 g/mol. The van der Waals surface area contributed by atoms with Gasteiger partial charge in [-0.2, -0.15) is 0 Å². The van der Waals surface area contributed by atoms with Gasteiger partial charge in [-0.05, 0) is 49.9 Å². The Bertz CT molecular complexity index is 439. The van der Waals surface area contributed by atoms with E-state index in [1.165, 1.54) is 36.9 Å². The number of anilines is 1. The van der Waals surface area contributed by atoms with Gasteiger partial charge in [-0.25, -0.2) is 0 Å². The number of hydrogen-bond donors (Lipinski definition) is 1. The average molecular weight is 309 g/mol. The van der Waals surface area contributed by atoms with E-state index in [1.807, 2.05) is 6.07 Å². The largest absolute Gasteiger partial charge is 0.369 e. The van der Waals surface area contributed by atoms with Crippen molar-refractivity contribution in [3.8, 4) is 0 Å². The van der Waals surface area contributed by atoms with Crippen LogP contribution in [0.3, 0.4) is 0 Å². The van der Waals surface area contributed by atoms with Crippen molar-refractivity contribution in [3.05, 3.63) is 28.8 Å². The lowest BCUT2D eigenvalue weighted by Gasteiger charge is -2.32. The predicted molar refractivity (Wildman–Crippen MR) is 93.3 cm³/mol. The molecule has 1 aliphatic rings. The summed E-state index contributed by atoms with van der Waals surface area (Å²) < 4.78 is 0. The van der Waals surface area contributed by atoms with Gasteiger partial charge in [-0.3, -0.25) is 0 Å². The van der Waals surface area contributed by atoms with Gasteiger partial charge >= 0.3 is 0 Å². The predicted octanol–water partition coefficient (Wildman–Crippen LogP) is 4.85. The highest BCUT2D eigenvalue weighted by Gasteiger charge is 2.23. The van der Waals surface area contributed by atoms with Crippen LogP contribution in [0.1, 0.15) is 52.0 Å². The third kappa shape index (κ3) is 4.62. The third-order valence-electron chi connectivity index (χ3n) is 4.33. The molecule has 0 aromatic heterocycles. The van der Waals surface area contributed by atoms with E-state index in [0.29, 0.717) is 12.0 Å². The topological polar surface area (TPSA) is 15.3 Å². The molecule has 0 amide bonds. The molecule has 2 nitrogen and oxygen atoms in total. The first-order valence-corrected chi connectivity index (χ1v) is 8.75. The highest BCUT2D eigenvalue weighted by Crippen LogP contribution is 2.32. The first-order valence-electron chi connectivity index (χ1n) is 8.37. The number of rotatable bonds is 7. The summed E-state index contributed by atoms with van der Waals surface area (Å²) in [6.07, 6.45) is 5.36. The third-order valence-corrected chi connectivity index (χ3v) is 4.57. The number of nitrogens with one attached hydrogen (secondary N) is 1. The fourth-order valence-electron chi connectivity index (χ4n) is 3.29. The maximum absolute atomic E-state index is 6.26. The fraction of sp³-hybridized carbons (Fsp3) is 0.667. The molecule has 1 aliphatic carbocycles. The summed E-state index contributed by atoms with van der Waals surface area (Å²) in [5.41, 5.74) is 2.70. The molecule has 1 saturated carbocycles. The quantitative estimate of drug-likeness (QED) is 0.774. The van der Waals surface area contributed by atoms with E-state index < -0.39 is 0 Å². The minimum absolute atomic E-state index is 0.679. The summed E-state index contributed by atoms with van der Waals surface area (Å²) in [7, 11) is 0. The maximum Gasteiger partial charge on any atom is 0.0429 e. The maximum atomic E-state index is 6.26. The van der Waals surface area contributed by atoms with Crippen LogP contribution in [0, 0.1) is 5.92 Å². The van der Waals surface area contributed by atoms with E-state index in [1.54, 1.807) is 0 Å². The highest BCUT2D eigenvalue weighted by molar-refractivity contribution is 6.30. The molecule has 0 unspecified atom stereocenters. The zero-order chi connectivity index (χ0) is 15.2. The minimum atomic E-state index is 0.679. The summed E-state index contributed by atoms with van der Waals surface area (Å²) in [6, 6.07) is 7.04. The van der Waals surface area contributed by atoms with Crippen molar-refractivity contribution in [1.82, 2.24) is 5.32 Å². The molecule has 0 atom stereocenters. The molecular weight excluding hydrogens is 280 g/mol. The zero-order valence-electron chi connectivity index (χ0n) is 13.7. The Labute approximate surface area is 134 Å². The van der Waals surface area contributed by atoms with E-state index in [2.05, 4.69) is 43.1 Å². The smallest absolute Gasteiger partial charge is 0.0429 e. The van der Waals surface area contributed by atoms with Crippen molar-refractivity contribution in [2.75, 3.05) is 18.0 Å². The number of benzene rings is 1. The molecule has 3 heteroatoms. The van der Waals surface area contributed by atoms with Gasteiger partial charge in [0.15, 0.2) is 0 Å². The van der Waals surface area contributed by atoms with Crippen LogP contribution < -0.4 is 10.2 Å². The molecule has 1 fully saturated rings. The molecule has 0 aliphatic heterocycles. The van der Waals surface area contributed by atoms with E-state index >= 15 is 0 Å². The molecule has 0 heterocycles. The van der Waals surface area contributed by atoms with Crippen molar-refractivity contribution >= 4 is 17.3 Å². The Hall–Kier alpha value is -0.730. The second-order valence-electron chi connectivity index (χ2n) is 6.52. The lowest BCUT2D eigenvalue weighted by Crippen LogP contribution is -2.34. The number of halogens is 1. The second-order valence-corrected chi connectivity index (χ2v) is 6.96. The highest BCUT2D eigenvalue weighted by atomic mass is 35.5. The Kier molecular flexibility index (Phi) is 6.38. The SMILES string of the molecule is CCN(c1cc(Cl)ccc1CNCC(C)C)C1CCCC1. The standard InChI is InChI=1S/C18H29ClN2/c1-4-21(17-7-5-6-8-17)18-11-16(19)10-9-15(18)13-20-12-14(2)3/h9-11,14,17,20H,4-8,12-13H2,1-3H3. The molecule has 0 saturated heterocycles. The molecule has 0 radical (unpaired) electrons. The normalized spacial score (nSPS) is 15.9. The van der Waals surface area contributed by atoms with Crippen LogP contribution in [0.25, 0.3) is 0 Å². The molecule has 1 aromatic carbocycles. The molecule has 118 valence electrons. The van der Waals surface area contributed by atoms with Crippen molar-refractivity contribution in [3.63, 3.8) is 0 Å². The van der Waals surface area contributed by atoms with Crippen molar-refractivity contribution < 1.29 is 0 Å². The zero-order valence-corrected chi connectivity index (χ0v) is 14.4. The van der Waals surface area contributed by atoms with E-state index in [4.69, 9.17) is 11.6 Å². The first kappa shape index (κ1) is 16.6. The fourth-order valence-corrected chi connectivity index (χ4v) is 3.46. The van der Waals surface area contributed by atoms with Crippen molar-refractivity contribution in [2.45, 2.75) is 59.0 Å². The van der Waals surface area contributed by atoms with Crippen LogP contribution in [0.4, 0.5) is 5.69 Å². The van der Waals surface area contributed by atoms with Crippen LogP contribution >= 0.6 is 11.6 Å². The van der Waals surface area contributed by atoms with Crippen LogP contribution in [0.5, 0.6) is 0 Å². The van der Waals surface area contributed by atoms with Gasteiger partial charge in [-0.1, -0.05) is 44.4 Å². The van der Waals surface area contributed by atoms with Crippen LogP contribution in [-0.4, -0.2) is 19.1 Å². The summed E-state index contributed by atoms with van der Waals surface area (Å²) in [6.45, 7) is 9.78. The Balaban J connectivity index is 2.16. The Morgan fingerprint density at radius 1 is 1.29 bits per heavy atom. The van der Waals surface area contributed by atoms with Gasteiger partial charge in [0.25, 0.3) is 0 Å². The van der Waals surface area contributed by atoms with Gasteiger partial charge in [0, 0.05) is 29.8 Å². The second kappa shape index (κ2) is 8.05. The van der Waals surface area contributed by atoms with Gasteiger partial charge in [0.1, 0.15) is 0 Å². The summed E-state index contributed by atoms with van der Waals surface area (Å²) in [5.74, 6) is 0.679. The van der Waals surface area contributed by atoms with Crippen molar-refractivity contribution in [2.24, 2.45) is 5.92 Å². The molecule has 21 heavy (non-hydrogen) atoms. The summed E-state index contributed by atoms with van der Waals surface area (Å²) in [5, 5.41) is 4.40. The van der Waals surface area contributed by atoms with Gasteiger partial charge < -0.3 is 10.2 Å². The Morgan fingerprint density at radius 2 is 2.00 bits per heavy atom. The average Bonchev–Trinajstić information content (AvgIpc) is 2.95. The van der Waals surface area contributed by atoms with Crippen LogP contribution in [0.2, 0.25) is 5.02 Å². The van der Waals surface area contributed by atoms with E-state index in [0.717, 1.165) is 24.7 Å². The molecule has 1 aromatic rings. The molecular formula is C18H29ClN2. The Morgan fingerprint density at radius 3 is 2.62 bits per heavy atom. The molecule has 2 rings (SSSR count). The molecule has 0 spiro atoms. The van der Waals surface area contributed by atoms with Crippen LogP contribution in [-0.2, 0) is 6.54 Å².